The Morgan fingerprint density at radius 3 is 2.44 bits per heavy atom. The zero-order valence-electron chi connectivity index (χ0n) is 21.7. The molecule has 0 unspecified atom stereocenters. The molecule has 5 rings (SSSR count). The van der Waals surface area contributed by atoms with Gasteiger partial charge in [-0.25, -0.2) is 0 Å². The van der Waals surface area contributed by atoms with Crippen LogP contribution < -0.4 is 11.1 Å². The van der Waals surface area contributed by atoms with Crippen LogP contribution in [0.1, 0.15) is 35.2 Å². The second kappa shape index (κ2) is 9.47. The molecule has 1 fully saturated rings. The molecule has 0 radical (unpaired) electrons. The second-order valence-electron chi connectivity index (χ2n) is 11.0. The van der Waals surface area contributed by atoms with Crippen LogP contribution in [0.2, 0.25) is 0 Å². The van der Waals surface area contributed by atoms with E-state index in [2.05, 4.69) is 5.32 Å². The number of anilines is 1. The number of hydrogen-bond acceptors (Lipinski definition) is 10. The first-order chi connectivity index (χ1) is 18.4. The quantitative estimate of drug-likeness (QED) is 0.221. The Balaban J connectivity index is 1.55. The number of aliphatic hydroxyl groups is 3. The van der Waals surface area contributed by atoms with Gasteiger partial charge in [0, 0.05) is 11.5 Å². The Labute approximate surface area is 224 Å². The highest BCUT2D eigenvalue weighted by molar-refractivity contribution is 6.25. The predicted molar refractivity (Wildman–Crippen MR) is 138 cm³/mol. The van der Waals surface area contributed by atoms with Crippen molar-refractivity contribution in [3.63, 3.8) is 0 Å². The number of nitrogens with zero attached hydrogens (tertiary/aromatic N) is 2. The lowest BCUT2D eigenvalue weighted by atomic mass is 9.58. The number of allylic oxidation sites excluding steroid dienone is 1. The highest BCUT2D eigenvalue weighted by Crippen LogP contribution is 2.52. The molecular formula is C27H32N4O8. The number of likely N-dealkylation sites (N-methyl/N-ethyl adjacent to an activating group) is 1. The van der Waals surface area contributed by atoms with Gasteiger partial charge in [0.25, 0.3) is 5.91 Å². The standard InChI is InChI=1S/C27H32N4O8/c1-30(2)20-14-10-13-9-12-5-6-15(29-16(32)11-31-7-3-4-8-31)21(33)17(12)22(34)18(13)24(36)27(14,39)25(37)19(23(20)35)26(28)38/h5-6,13-14,20,33,35-36,39H,3-4,7-11H2,1-2H3,(H2,28,38)(H,29,32)/t13-,14-,20-,27-/m0/s1. The number of amides is 2. The maximum atomic E-state index is 13.7. The summed E-state index contributed by atoms with van der Waals surface area (Å²) in [7, 11) is 3.15. The van der Waals surface area contributed by atoms with Crippen molar-refractivity contribution in [3.05, 3.63) is 45.9 Å². The maximum Gasteiger partial charge on any atom is 0.255 e. The molecule has 12 nitrogen and oxygen atoms in total. The van der Waals surface area contributed by atoms with Crippen molar-refractivity contribution >= 4 is 29.1 Å². The Bertz CT molecular complexity index is 1360. The number of phenols is 1. The fraction of sp³-hybridized carbons (Fsp3) is 0.481. The average molecular weight is 541 g/mol. The molecule has 12 heteroatoms. The lowest BCUT2D eigenvalue weighted by molar-refractivity contribution is -0.148. The van der Waals surface area contributed by atoms with E-state index in [1.807, 2.05) is 4.90 Å². The maximum absolute atomic E-state index is 13.7. The van der Waals surface area contributed by atoms with Crippen LogP contribution in [0.15, 0.2) is 34.8 Å². The largest absolute Gasteiger partial charge is 0.510 e. The number of fused-ring (bicyclic) bond motifs is 3. The highest BCUT2D eigenvalue weighted by atomic mass is 16.3. The van der Waals surface area contributed by atoms with Crippen molar-refractivity contribution in [1.82, 2.24) is 9.80 Å². The minimum atomic E-state index is -2.69. The predicted octanol–water partition coefficient (Wildman–Crippen LogP) is 0.155. The molecule has 2 amide bonds. The SMILES string of the molecule is CN(C)[C@@H]1C(O)=C(C(N)=O)C(=O)[C@@]2(O)C(O)=C3C(=O)c4c(ccc(NC(=O)CN5CCCC5)c4O)C[C@H]3C[C@@H]12. The molecule has 4 atom stereocenters. The van der Waals surface area contributed by atoms with Crippen molar-refractivity contribution in [2.45, 2.75) is 37.3 Å². The van der Waals surface area contributed by atoms with Gasteiger partial charge in [-0.2, -0.15) is 0 Å². The lowest BCUT2D eigenvalue weighted by Gasteiger charge is -2.50. The minimum absolute atomic E-state index is 0.0147. The summed E-state index contributed by atoms with van der Waals surface area (Å²) < 4.78 is 0. The van der Waals surface area contributed by atoms with Crippen molar-refractivity contribution in [2.24, 2.45) is 17.6 Å². The molecule has 0 spiro atoms. The Kier molecular flexibility index (Phi) is 6.52. The van der Waals surface area contributed by atoms with Gasteiger partial charge < -0.3 is 31.5 Å². The Morgan fingerprint density at radius 2 is 1.82 bits per heavy atom. The Hall–Kier alpha value is -3.74. The molecule has 1 heterocycles. The number of rotatable bonds is 5. The summed E-state index contributed by atoms with van der Waals surface area (Å²) in [6, 6.07) is 2.08. The number of nitrogens with one attached hydrogen (secondary N) is 1. The molecule has 1 aromatic rings. The van der Waals surface area contributed by atoms with Crippen LogP contribution in [-0.2, 0) is 20.8 Å². The van der Waals surface area contributed by atoms with Crippen LogP contribution in [0.4, 0.5) is 5.69 Å². The van der Waals surface area contributed by atoms with E-state index in [0.717, 1.165) is 25.9 Å². The normalized spacial score (nSPS) is 28.9. The van der Waals surface area contributed by atoms with E-state index < -0.39 is 63.8 Å². The van der Waals surface area contributed by atoms with E-state index in [0.29, 0.717) is 5.56 Å². The molecule has 1 aliphatic heterocycles. The first kappa shape index (κ1) is 26.9. The third-order valence-electron chi connectivity index (χ3n) is 8.44. The average Bonchev–Trinajstić information content (AvgIpc) is 3.35. The third-order valence-corrected chi connectivity index (χ3v) is 8.44. The topological polar surface area (TPSA) is 194 Å². The smallest absolute Gasteiger partial charge is 0.255 e. The molecule has 39 heavy (non-hydrogen) atoms. The zero-order valence-corrected chi connectivity index (χ0v) is 21.7. The number of benzene rings is 1. The number of phenolic OH excluding ortho intramolecular Hbond substituents is 1. The van der Waals surface area contributed by atoms with Gasteiger partial charge in [0.2, 0.25) is 11.7 Å². The summed E-state index contributed by atoms with van der Waals surface area (Å²) in [5.41, 5.74) is 1.92. The number of aliphatic hydroxyl groups excluding tert-OH is 2. The van der Waals surface area contributed by atoms with Gasteiger partial charge in [0.1, 0.15) is 17.1 Å². The number of carbonyl (C=O) groups is 4. The molecule has 1 aromatic carbocycles. The van der Waals surface area contributed by atoms with E-state index in [9.17, 15) is 39.6 Å². The first-order valence-electron chi connectivity index (χ1n) is 12.9. The monoisotopic (exact) mass is 540 g/mol. The molecular weight excluding hydrogens is 508 g/mol. The van der Waals surface area contributed by atoms with Crippen LogP contribution in [0.5, 0.6) is 5.75 Å². The fourth-order valence-electron chi connectivity index (χ4n) is 6.66. The molecule has 3 aliphatic carbocycles. The minimum Gasteiger partial charge on any atom is -0.510 e. The van der Waals surface area contributed by atoms with E-state index in [-0.39, 0.29) is 42.1 Å². The van der Waals surface area contributed by atoms with Gasteiger partial charge in [-0.3, -0.25) is 29.0 Å². The van der Waals surface area contributed by atoms with Crippen LogP contribution in [0.3, 0.4) is 0 Å². The molecule has 208 valence electrons. The number of primary amides is 1. The van der Waals surface area contributed by atoms with Gasteiger partial charge in [0.05, 0.1) is 23.8 Å². The summed E-state index contributed by atoms with van der Waals surface area (Å²) in [4.78, 5) is 55.2. The number of Topliss-reactive ketones (excluding diaryl/α,β-unsaturated/α-hetero) is 2. The number of carbonyl (C=O) groups excluding carboxylic acids is 4. The highest BCUT2D eigenvalue weighted by Gasteiger charge is 2.63. The summed E-state index contributed by atoms with van der Waals surface area (Å²) in [6.07, 6.45) is 2.21. The number of likely N-dealkylation sites (tertiary alicyclic amines) is 1. The van der Waals surface area contributed by atoms with Crippen molar-refractivity contribution in [3.8, 4) is 5.75 Å². The van der Waals surface area contributed by atoms with E-state index in [1.54, 1.807) is 20.2 Å². The number of nitrogens with two attached hydrogens (primary N) is 1. The van der Waals surface area contributed by atoms with Gasteiger partial charge >= 0.3 is 0 Å². The van der Waals surface area contributed by atoms with Crippen LogP contribution in [-0.4, -0.2) is 99.0 Å². The van der Waals surface area contributed by atoms with E-state index >= 15 is 0 Å². The van der Waals surface area contributed by atoms with Gasteiger partial charge in [-0.05, 0) is 70.4 Å². The third kappa shape index (κ3) is 4.01. The number of aromatic hydroxyl groups is 1. The molecule has 4 aliphatic rings. The number of hydrogen-bond donors (Lipinski definition) is 6. The molecule has 7 N–H and O–H groups in total. The number of ketones is 2. The molecule has 0 saturated carbocycles. The van der Waals surface area contributed by atoms with Crippen LogP contribution in [0, 0.1) is 11.8 Å². The summed E-state index contributed by atoms with van der Waals surface area (Å²) >= 11 is 0. The zero-order chi connectivity index (χ0) is 28.4. The van der Waals surface area contributed by atoms with E-state index in [4.69, 9.17) is 5.73 Å². The van der Waals surface area contributed by atoms with Gasteiger partial charge in [-0.15, -0.1) is 0 Å². The second-order valence-corrected chi connectivity index (χ2v) is 11.0. The van der Waals surface area contributed by atoms with Crippen molar-refractivity contribution < 1.29 is 39.6 Å². The first-order valence-corrected chi connectivity index (χ1v) is 12.9. The van der Waals surface area contributed by atoms with Gasteiger partial charge in [0.15, 0.2) is 17.1 Å². The van der Waals surface area contributed by atoms with Crippen molar-refractivity contribution in [1.29, 1.82) is 0 Å². The molecule has 1 saturated heterocycles. The lowest BCUT2D eigenvalue weighted by Crippen LogP contribution is -2.63. The van der Waals surface area contributed by atoms with Crippen LogP contribution >= 0.6 is 0 Å². The van der Waals surface area contributed by atoms with Crippen molar-refractivity contribution in [2.75, 3.05) is 39.0 Å². The fourth-order valence-corrected chi connectivity index (χ4v) is 6.66. The Morgan fingerprint density at radius 1 is 1.15 bits per heavy atom. The van der Waals surface area contributed by atoms with Crippen LogP contribution in [0.25, 0.3) is 0 Å². The molecule has 0 aromatic heterocycles. The summed E-state index contributed by atoms with van der Waals surface area (Å²) in [5.74, 6) is -7.45. The van der Waals surface area contributed by atoms with E-state index in [1.165, 1.54) is 11.0 Å². The summed E-state index contributed by atoms with van der Waals surface area (Å²) in [5, 5.41) is 47.4. The summed E-state index contributed by atoms with van der Waals surface area (Å²) in [6.45, 7) is 1.75. The molecule has 0 bridgehead atoms. The van der Waals surface area contributed by atoms with Gasteiger partial charge in [-0.1, -0.05) is 6.07 Å².